The maximum atomic E-state index is 6.67. The van der Waals surface area contributed by atoms with Gasteiger partial charge in [0.25, 0.3) is 0 Å². The first kappa shape index (κ1) is 34.3. The summed E-state index contributed by atoms with van der Waals surface area (Å²) in [7, 11) is 0. The van der Waals surface area contributed by atoms with Crippen molar-refractivity contribution < 1.29 is 8.83 Å². The second-order valence-corrected chi connectivity index (χ2v) is 15.0. The molecular formula is C50H52O2. The second kappa shape index (κ2) is 15.8. The first-order valence-electron chi connectivity index (χ1n) is 20.1. The molecule has 6 aromatic carbocycles. The fourth-order valence-electron chi connectivity index (χ4n) is 8.30. The molecule has 0 bridgehead atoms. The quantitative estimate of drug-likeness (QED) is 0.0748. The Morgan fingerprint density at radius 1 is 0.365 bits per heavy atom. The Labute approximate surface area is 308 Å². The molecule has 0 N–H and O–H groups in total. The molecular weight excluding hydrogens is 633 g/mol. The van der Waals surface area contributed by atoms with Gasteiger partial charge in [-0.25, -0.2) is 0 Å². The molecule has 0 amide bonds. The molecule has 0 aliphatic heterocycles. The van der Waals surface area contributed by atoms with E-state index in [-0.39, 0.29) is 0 Å². The fourth-order valence-corrected chi connectivity index (χ4v) is 8.30. The number of benzene rings is 6. The maximum absolute atomic E-state index is 6.67. The van der Waals surface area contributed by atoms with Crippen LogP contribution < -0.4 is 0 Å². The lowest BCUT2D eigenvalue weighted by Gasteiger charge is -2.08. The average molecular weight is 685 g/mol. The van der Waals surface area contributed by atoms with Gasteiger partial charge in [0.1, 0.15) is 22.7 Å². The van der Waals surface area contributed by atoms with Crippen LogP contribution in [-0.4, -0.2) is 0 Å². The van der Waals surface area contributed by atoms with Gasteiger partial charge in [-0.05, 0) is 94.8 Å². The van der Waals surface area contributed by atoms with E-state index in [1.54, 1.807) is 0 Å². The SMILES string of the molecule is CCCCCCCCc1cccc(-c2cc3ccc4c5ccc6c(ccc7cc(-c8cccc(CCCCCCCC)c8)oc76)c5ccc4c3o2)c1. The Hall–Kier alpha value is -4.82. The Morgan fingerprint density at radius 2 is 0.750 bits per heavy atom. The topological polar surface area (TPSA) is 26.3 Å². The van der Waals surface area contributed by atoms with E-state index in [0.29, 0.717) is 0 Å². The summed E-state index contributed by atoms with van der Waals surface area (Å²) in [5.41, 5.74) is 7.02. The van der Waals surface area contributed by atoms with Crippen molar-refractivity contribution in [1.29, 1.82) is 0 Å². The highest BCUT2D eigenvalue weighted by molar-refractivity contribution is 6.24. The molecule has 8 aromatic rings. The lowest BCUT2D eigenvalue weighted by atomic mass is 9.95. The van der Waals surface area contributed by atoms with Gasteiger partial charge < -0.3 is 8.83 Å². The normalized spacial score (nSPS) is 12.0. The predicted octanol–water partition coefficient (Wildman–Crippen LogP) is 15.8. The molecule has 0 spiro atoms. The van der Waals surface area contributed by atoms with Crippen LogP contribution in [0, 0.1) is 0 Å². The number of fused-ring (bicyclic) bond motifs is 9. The number of hydrogen-bond donors (Lipinski definition) is 0. The van der Waals surface area contributed by atoms with Crippen molar-refractivity contribution in [2.75, 3.05) is 0 Å². The first-order valence-corrected chi connectivity index (χ1v) is 20.1. The summed E-state index contributed by atoms with van der Waals surface area (Å²) in [5.74, 6) is 1.88. The Morgan fingerprint density at radius 3 is 1.21 bits per heavy atom. The van der Waals surface area contributed by atoms with Crippen LogP contribution in [0.3, 0.4) is 0 Å². The van der Waals surface area contributed by atoms with E-state index in [0.717, 1.165) is 68.2 Å². The molecule has 0 aliphatic rings. The van der Waals surface area contributed by atoms with E-state index in [1.807, 2.05) is 0 Å². The molecule has 8 rings (SSSR count). The van der Waals surface area contributed by atoms with Crippen LogP contribution in [-0.2, 0) is 12.8 Å². The summed E-state index contributed by atoms with van der Waals surface area (Å²) in [6.07, 6.45) is 18.1. The summed E-state index contributed by atoms with van der Waals surface area (Å²) in [5, 5.41) is 9.49. The summed E-state index contributed by atoms with van der Waals surface area (Å²) < 4.78 is 13.3. The van der Waals surface area contributed by atoms with Gasteiger partial charge in [-0.3, -0.25) is 0 Å². The van der Waals surface area contributed by atoms with Gasteiger partial charge in [0.15, 0.2) is 0 Å². The van der Waals surface area contributed by atoms with Crippen molar-refractivity contribution in [3.8, 4) is 22.6 Å². The predicted molar refractivity (Wildman–Crippen MR) is 224 cm³/mol. The fraction of sp³-hybridized carbons (Fsp3) is 0.320. The van der Waals surface area contributed by atoms with Gasteiger partial charge in [0, 0.05) is 32.7 Å². The van der Waals surface area contributed by atoms with E-state index in [1.165, 1.54) is 110 Å². The van der Waals surface area contributed by atoms with E-state index < -0.39 is 0 Å². The van der Waals surface area contributed by atoms with Crippen molar-refractivity contribution in [1.82, 2.24) is 0 Å². The molecule has 0 aliphatic carbocycles. The monoisotopic (exact) mass is 684 g/mol. The molecule has 0 unspecified atom stereocenters. The van der Waals surface area contributed by atoms with Gasteiger partial charge >= 0.3 is 0 Å². The van der Waals surface area contributed by atoms with Crippen LogP contribution in [0.5, 0.6) is 0 Å². The van der Waals surface area contributed by atoms with Crippen LogP contribution in [0.15, 0.2) is 118 Å². The van der Waals surface area contributed by atoms with Gasteiger partial charge in [-0.15, -0.1) is 0 Å². The third-order valence-electron chi connectivity index (χ3n) is 11.2. The van der Waals surface area contributed by atoms with Crippen LogP contribution in [0.4, 0.5) is 0 Å². The van der Waals surface area contributed by atoms with Crippen molar-refractivity contribution >= 4 is 54.3 Å². The Kier molecular flexibility index (Phi) is 10.4. The molecule has 2 nitrogen and oxygen atoms in total. The summed E-state index contributed by atoms with van der Waals surface area (Å²) in [6, 6.07) is 40.3. The second-order valence-electron chi connectivity index (χ2n) is 15.0. The maximum Gasteiger partial charge on any atom is 0.142 e. The van der Waals surface area contributed by atoms with E-state index in [2.05, 4.69) is 123 Å². The van der Waals surface area contributed by atoms with Gasteiger partial charge in [-0.2, -0.15) is 0 Å². The molecule has 0 fully saturated rings. The van der Waals surface area contributed by atoms with Crippen molar-refractivity contribution in [2.45, 2.75) is 104 Å². The third kappa shape index (κ3) is 7.13. The summed E-state index contributed by atoms with van der Waals surface area (Å²) >= 11 is 0. The Balaban J connectivity index is 1.06. The zero-order valence-corrected chi connectivity index (χ0v) is 31.1. The zero-order chi connectivity index (χ0) is 35.3. The van der Waals surface area contributed by atoms with E-state index >= 15 is 0 Å². The zero-order valence-electron chi connectivity index (χ0n) is 31.1. The summed E-state index contributed by atoms with van der Waals surface area (Å²) in [4.78, 5) is 0. The highest BCUT2D eigenvalue weighted by Crippen LogP contribution is 2.40. The van der Waals surface area contributed by atoms with Crippen LogP contribution >= 0.6 is 0 Å². The summed E-state index contributed by atoms with van der Waals surface area (Å²) in [6.45, 7) is 4.56. The molecule has 0 saturated carbocycles. The lowest BCUT2D eigenvalue weighted by molar-refractivity contribution is 0.607. The number of hydrogen-bond acceptors (Lipinski definition) is 2. The molecule has 0 radical (unpaired) electrons. The minimum absolute atomic E-state index is 0.940. The standard InChI is InChI=1S/C50H52O2/c1-3-5-7-9-11-13-17-35-19-15-21-37(31-35)47-33-39-23-25-43-41-28-30-46-44(42(41)27-29-45(43)49(39)51-47)26-24-40-34-48(52-50(40)46)38-22-16-20-36(32-38)18-14-12-10-8-6-4-2/h15-16,19-34H,3-14,17-18H2,1-2H3. The molecule has 2 heterocycles. The van der Waals surface area contributed by atoms with Crippen LogP contribution in [0.2, 0.25) is 0 Å². The van der Waals surface area contributed by atoms with Crippen molar-refractivity contribution in [3.05, 3.63) is 120 Å². The molecule has 2 heteroatoms. The Bertz CT molecular complexity index is 2280. The highest BCUT2D eigenvalue weighted by atomic mass is 16.3. The number of aryl methyl sites for hydroxylation is 2. The smallest absolute Gasteiger partial charge is 0.142 e. The highest BCUT2D eigenvalue weighted by Gasteiger charge is 2.15. The number of furan rings is 2. The van der Waals surface area contributed by atoms with Gasteiger partial charge in [-0.1, -0.05) is 151 Å². The van der Waals surface area contributed by atoms with E-state index in [9.17, 15) is 0 Å². The lowest BCUT2D eigenvalue weighted by Crippen LogP contribution is -1.87. The van der Waals surface area contributed by atoms with Crippen molar-refractivity contribution in [3.63, 3.8) is 0 Å². The average Bonchev–Trinajstić information content (AvgIpc) is 3.83. The van der Waals surface area contributed by atoms with E-state index in [4.69, 9.17) is 8.83 Å². The number of unbranched alkanes of at least 4 members (excludes halogenated alkanes) is 10. The largest absolute Gasteiger partial charge is 0.455 e. The molecule has 0 saturated heterocycles. The number of rotatable bonds is 16. The van der Waals surface area contributed by atoms with Crippen LogP contribution in [0.1, 0.15) is 102 Å². The molecule has 264 valence electrons. The van der Waals surface area contributed by atoms with Gasteiger partial charge in [0.05, 0.1) is 0 Å². The first-order chi connectivity index (χ1) is 25.7. The minimum Gasteiger partial charge on any atom is -0.455 e. The van der Waals surface area contributed by atoms with Gasteiger partial charge in [0.2, 0.25) is 0 Å². The third-order valence-corrected chi connectivity index (χ3v) is 11.2. The minimum atomic E-state index is 0.940. The molecule has 2 aromatic heterocycles. The van der Waals surface area contributed by atoms with Crippen molar-refractivity contribution in [2.24, 2.45) is 0 Å². The van der Waals surface area contributed by atoms with Crippen LogP contribution in [0.25, 0.3) is 76.9 Å². The molecule has 0 atom stereocenters. The molecule has 52 heavy (non-hydrogen) atoms.